The van der Waals surface area contributed by atoms with Crippen molar-refractivity contribution < 1.29 is 26.3 Å². The highest BCUT2D eigenvalue weighted by atomic mass is 19.4. The molecule has 0 radical (unpaired) electrons. The lowest BCUT2D eigenvalue weighted by Crippen LogP contribution is -2.24. The molecule has 0 fully saturated rings. The zero-order valence-corrected chi connectivity index (χ0v) is 11.9. The van der Waals surface area contributed by atoms with Gasteiger partial charge in [-0.3, -0.25) is 0 Å². The van der Waals surface area contributed by atoms with Crippen LogP contribution in [-0.2, 0) is 12.4 Å². The molecular weight excluding hydrogens is 296 g/mol. The number of nitrogens with one attached hydrogen (secondary N) is 1. The summed E-state index contributed by atoms with van der Waals surface area (Å²) in [4.78, 5) is 0. The maximum Gasteiger partial charge on any atom is 0.416 e. The van der Waals surface area contributed by atoms with Crippen LogP contribution in [0.1, 0.15) is 43.5 Å². The normalized spacial score (nSPS) is 14.6. The van der Waals surface area contributed by atoms with Crippen LogP contribution in [0.5, 0.6) is 0 Å². The van der Waals surface area contributed by atoms with Crippen molar-refractivity contribution in [2.45, 2.75) is 39.2 Å². The van der Waals surface area contributed by atoms with Gasteiger partial charge in [-0.2, -0.15) is 26.3 Å². The van der Waals surface area contributed by atoms with E-state index in [-0.39, 0.29) is 17.5 Å². The maximum absolute atomic E-state index is 12.7. The van der Waals surface area contributed by atoms with Crippen LogP contribution in [0.2, 0.25) is 0 Å². The molecule has 0 aliphatic heterocycles. The van der Waals surface area contributed by atoms with Gasteiger partial charge in [0.25, 0.3) is 0 Å². The predicted octanol–water partition coefficient (Wildman–Crippen LogP) is 5.03. The largest absolute Gasteiger partial charge is 0.416 e. The second-order valence-corrected chi connectivity index (χ2v) is 5.36. The summed E-state index contributed by atoms with van der Waals surface area (Å²) in [6.45, 7) is 5.83. The van der Waals surface area contributed by atoms with Crippen LogP contribution in [0.4, 0.5) is 26.3 Å². The molecule has 21 heavy (non-hydrogen) atoms. The van der Waals surface area contributed by atoms with Crippen LogP contribution in [0.25, 0.3) is 0 Å². The van der Waals surface area contributed by atoms with Crippen molar-refractivity contribution in [2.75, 3.05) is 6.54 Å². The van der Waals surface area contributed by atoms with Gasteiger partial charge in [0, 0.05) is 6.04 Å². The molecule has 1 rings (SSSR count). The van der Waals surface area contributed by atoms with Crippen molar-refractivity contribution in [2.24, 2.45) is 5.92 Å². The molecule has 1 aromatic rings. The Morgan fingerprint density at radius 2 is 1.29 bits per heavy atom. The van der Waals surface area contributed by atoms with Gasteiger partial charge < -0.3 is 5.32 Å². The first-order valence-electron chi connectivity index (χ1n) is 6.44. The lowest BCUT2D eigenvalue weighted by atomic mass is 10.00. The minimum Gasteiger partial charge on any atom is -0.310 e. The van der Waals surface area contributed by atoms with E-state index in [1.165, 1.54) is 6.92 Å². The number of hydrogen-bond donors (Lipinski definition) is 1. The number of halogens is 6. The topological polar surface area (TPSA) is 12.0 Å². The molecule has 0 heterocycles. The first kappa shape index (κ1) is 17.8. The van der Waals surface area contributed by atoms with Crippen LogP contribution < -0.4 is 5.32 Å². The Hall–Kier alpha value is -1.24. The molecule has 1 nitrogen and oxygen atoms in total. The van der Waals surface area contributed by atoms with E-state index in [4.69, 9.17) is 0 Å². The third-order valence-corrected chi connectivity index (χ3v) is 2.94. The molecule has 1 atom stereocenters. The van der Waals surface area contributed by atoms with Crippen LogP contribution >= 0.6 is 0 Å². The van der Waals surface area contributed by atoms with Gasteiger partial charge in [0.05, 0.1) is 11.1 Å². The summed E-state index contributed by atoms with van der Waals surface area (Å²) in [7, 11) is 0. The van der Waals surface area contributed by atoms with Gasteiger partial charge in [0.15, 0.2) is 0 Å². The van der Waals surface area contributed by atoms with E-state index in [0.717, 1.165) is 12.1 Å². The smallest absolute Gasteiger partial charge is 0.310 e. The Kier molecular flexibility index (Phi) is 5.30. The fraction of sp³-hybridized carbons (Fsp3) is 0.571. The monoisotopic (exact) mass is 313 g/mol. The molecule has 0 spiro atoms. The van der Waals surface area contributed by atoms with Crippen molar-refractivity contribution in [3.8, 4) is 0 Å². The number of hydrogen-bond acceptors (Lipinski definition) is 1. The summed E-state index contributed by atoms with van der Waals surface area (Å²) in [6.07, 6.45) is -9.62. The molecule has 0 aliphatic carbocycles. The molecule has 0 aromatic heterocycles. The van der Waals surface area contributed by atoms with Gasteiger partial charge in [-0.25, -0.2) is 0 Å². The minimum atomic E-state index is -4.81. The molecule has 1 N–H and O–H groups in total. The average Bonchev–Trinajstić information content (AvgIpc) is 2.33. The highest BCUT2D eigenvalue weighted by Gasteiger charge is 2.37. The predicted molar refractivity (Wildman–Crippen MR) is 67.7 cm³/mol. The molecular formula is C14H17F6N. The summed E-state index contributed by atoms with van der Waals surface area (Å²) in [5.41, 5.74) is -2.60. The van der Waals surface area contributed by atoms with E-state index in [9.17, 15) is 26.3 Å². The number of benzene rings is 1. The lowest BCUT2D eigenvalue weighted by Gasteiger charge is -2.19. The van der Waals surface area contributed by atoms with E-state index >= 15 is 0 Å². The zero-order chi connectivity index (χ0) is 16.4. The van der Waals surface area contributed by atoms with Crippen LogP contribution in [-0.4, -0.2) is 6.54 Å². The molecule has 0 saturated carbocycles. The Balaban J connectivity index is 3.19. The summed E-state index contributed by atoms with van der Waals surface area (Å²) in [6, 6.07) is 1.05. The standard InChI is InChI=1S/C14H17F6N/c1-8(2)7-21-9(3)10-4-11(13(15,16)17)6-12(5-10)14(18,19)20/h4-6,8-9,21H,7H2,1-3H3. The lowest BCUT2D eigenvalue weighted by molar-refractivity contribution is -0.143. The Morgan fingerprint density at radius 3 is 1.62 bits per heavy atom. The third-order valence-electron chi connectivity index (χ3n) is 2.94. The molecule has 7 heteroatoms. The first-order chi connectivity index (χ1) is 9.41. The zero-order valence-electron chi connectivity index (χ0n) is 11.9. The van der Waals surface area contributed by atoms with Crippen molar-refractivity contribution >= 4 is 0 Å². The molecule has 1 unspecified atom stereocenters. The minimum absolute atomic E-state index is 0.0298. The van der Waals surface area contributed by atoms with Gasteiger partial charge in [0.2, 0.25) is 0 Å². The van der Waals surface area contributed by atoms with E-state index in [1.807, 2.05) is 13.8 Å². The van der Waals surface area contributed by atoms with Gasteiger partial charge in [-0.1, -0.05) is 13.8 Å². The quantitative estimate of drug-likeness (QED) is 0.769. The fourth-order valence-electron chi connectivity index (χ4n) is 1.76. The van der Waals surface area contributed by atoms with Gasteiger partial charge in [-0.05, 0) is 43.1 Å². The average molecular weight is 313 g/mol. The molecule has 0 saturated heterocycles. The summed E-state index contributed by atoms with van der Waals surface area (Å²) >= 11 is 0. The van der Waals surface area contributed by atoms with E-state index in [0.29, 0.717) is 6.54 Å². The molecule has 0 aliphatic rings. The molecule has 0 amide bonds. The van der Waals surface area contributed by atoms with Crippen LogP contribution in [0.15, 0.2) is 18.2 Å². The van der Waals surface area contributed by atoms with E-state index in [1.54, 1.807) is 0 Å². The Morgan fingerprint density at radius 1 is 0.857 bits per heavy atom. The molecule has 1 aromatic carbocycles. The highest BCUT2D eigenvalue weighted by Crippen LogP contribution is 2.37. The van der Waals surface area contributed by atoms with Crippen LogP contribution in [0.3, 0.4) is 0 Å². The van der Waals surface area contributed by atoms with Crippen molar-refractivity contribution in [3.05, 3.63) is 34.9 Å². The van der Waals surface area contributed by atoms with Crippen molar-refractivity contribution in [1.82, 2.24) is 5.32 Å². The Labute approximate surface area is 119 Å². The van der Waals surface area contributed by atoms with Crippen molar-refractivity contribution in [1.29, 1.82) is 0 Å². The Bertz CT molecular complexity index is 443. The van der Waals surface area contributed by atoms with E-state index < -0.39 is 29.5 Å². The van der Waals surface area contributed by atoms with Gasteiger partial charge in [0.1, 0.15) is 0 Å². The SMILES string of the molecule is CC(C)CNC(C)c1cc(C(F)(F)F)cc(C(F)(F)F)c1. The second-order valence-electron chi connectivity index (χ2n) is 5.36. The summed E-state index contributed by atoms with van der Waals surface area (Å²) < 4.78 is 76.4. The summed E-state index contributed by atoms with van der Waals surface area (Å²) in [5.74, 6) is 0.236. The molecule has 0 bridgehead atoms. The molecule has 120 valence electrons. The number of rotatable bonds is 4. The van der Waals surface area contributed by atoms with Gasteiger partial charge in [-0.15, -0.1) is 0 Å². The fourth-order valence-corrected chi connectivity index (χ4v) is 1.76. The van der Waals surface area contributed by atoms with Crippen LogP contribution in [0, 0.1) is 5.92 Å². The number of alkyl halides is 6. The van der Waals surface area contributed by atoms with Crippen molar-refractivity contribution in [3.63, 3.8) is 0 Å². The first-order valence-corrected chi connectivity index (χ1v) is 6.44. The maximum atomic E-state index is 12.7. The van der Waals surface area contributed by atoms with Gasteiger partial charge >= 0.3 is 12.4 Å². The highest BCUT2D eigenvalue weighted by molar-refractivity contribution is 5.35. The second kappa shape index (κ2) is 6.25. The summed E-state index contributed by atoms with van der Waals surface area (Å²) in [5, 5.41) is 2.92. The van der Waals surface area contributed by atoms with E-state index in [2.05, 4.69) is 5.32 Å². The third kappa shape index (κ3) is 5.22.